The van der Waals surface area contributed by atoms with Crippen LogP contribution in [0, 0.1) is 0 Å². The Balaban J connectivity index is 0.000000379. The van der Waals surface area contributed by atoms with Gasteiger partial charge in [0.1, 0.15) is 11.0 Å². The highest BCUT2D eigenvalue weighted by atomic mass is 32.2. The summed E-state index contributed by atoms with van der Waals surface area (Å²) in [6, 6.07) is 17.6. The average molecular weight is 563 g/mol. The normalized spacial score (nSPS) is 12.5. The van der Waals surface area contributed by atoms with Crippen molar-refractivity contribution in [1.29, 1.82) is 0 Å². The fraction of sp³-hybridized carbons (Fsp3) is 0.100. The summed E-state index contributed by atoms with van der Waals surface area (Å²) in [5.41, 5.74) is 7.37. The quantitative estimate of drug-likeness (QED) is 0.246. The van der Waals surface area contributed by atoms with Gasteiger partial charge in [-0.1, -0.05) is 48.5 Å². The molecule has 0 aromatic heterocycles. The first-order valence-corrected chi connectivity index (χ1v) is 14.6. The Morgan fingerprint density at radius 1 is 0.765 bits per heavy atom. The van der Waals surface area contributed by atoms with Crippen molar-refractivity contribution >= 4 is 60.3 Å². The van der Waals surface area contributed by atoms with Crippen LogP contribution in [-0.4, -0.2) is 30.1 Å². The van der Waals surface area contributed by atoms with Crippen LogP contribution in [0.15, 0.2) is 81.4 Å². The molecule has 0 radical (unpaired) electrons. The molecule has 5 N–H and O–H groups in total. The van der Waals surface area contributed by atoms with E-state index in [9.17, 15) is 21.0 Å². The first-order chi connectivity index (χ1) is 15.8. The molecule has 14 heteroatoms. The van der Waals surface area contributed by atoms with E-state index in [4.69, 9.17) is 14.8 Å². The van der Waals surface area contributed by atoms with Crippen molar-refractivity contribution < 1.29 is 30.1 Å². The maximum atomic E-state index is 12.3. The molecule has 3 unspecified atom stereocenters. The molecule has 0 heterocycles. The van der Waals surface area contributed by atoms with Gasteiger partial charge in [0.15, 0.2) is 0 Å². The topological polar surface area (TPSA) is 164 Å². The lowest BCUT2D eigenvalue weighted by atomic mass is 10.2. The summed E-state index contributed by atoms with van der Waals surface area (Å²) in [4.78, 5) is -1.81. The standard InChI is InChI=1S/C13H14NO7PS3.C7H10NP/c15-23(14-8-9-1-3-10(22)4-2-9)11-5-12(24(16,17)18)7-13(6-11)25(19,20)21;8-5-6-1-3-7(9)4-2-6/h1-7,14H,8,22H2,(H,16,17,18)(H,19,20,21);1-4H,5,8-9H2. The smallest absolute Gasteiger partial charge is 0.294 e. The minimum atomic E-state index is -4.75. The molecule has 184 valence electrons. The highest BCUT2D eigenvalue weighted by molar-refractivity contribution is 7.87. The highest BCUT2D eigenvalue weighted by Gasteiger charge is 2.20. The van der Waals surface area contributed by atoms with Crippen LogP contribution in [0.1, 0.15) is 11.1 Å². The van der Waals surface area contributed by atoms with Crippen LogP contribution in [0.2, 0.25) is 0 Å². The summed E-state index contributed by atoms with van der Waals surface area (Å²) in [5.74, 6) is 0. The largest absolute Gasteiger partial charge is 0.326 e. The molecular formula is C20H24N2O7P2S3. The van der Waals surface area contributed by atoms with Crippen molar-refractivity contribution in [3.63, 3.8) is 0 Å². The number of rotatable bonds is 7. The lowest BCUT2D eigenvalue weighted by molar-refractivity contribution is 0.480. The SMILES string of the molecule is NCc1ccc(P)cc1.O=S(NCc1ccc(P)cc1)c1cc(S(=O)(=O)O)cc(S(=O)(=O)O)c1. The third kappa shape index (κ3) is 9.22. The second-order valence-electron chi connectivity index (χ2n) is 6.87. The van der Waals surface area contributed by atoms with Crippen molar-refractivity contribution in [1.82, 2.24) is 4.72 Å². The Bertz CT molecular complexity index is 1310. The predicted octanol–water partition coefficient (Wildman–Crippen LogP) is 1.14. The molecule has 34 heavy (non-hydrogen) atoms. The Labute approximate surface area is 206 Å². The molecule has 9 nitrogen and oxygen atoms in total. The van der Waals surface area contributed by atoms with Gasteiger partial charge in [-0.2, -0.15) is 16.8 Å². The zero-order valence-electron chi connectivity index (χ0n) is 17.7. The molecule has 0 bridgehead atoms. The number of hydrogen-bond acceptors (Lipinski definition) is 6. The van der Waals surface area contributed by atoms with Gasteiger partial charge >= 0.3 is 0 Å². The van der Waals surface area contributed by atoms with Crippen LogP contribution >= 0.6 is 18.5 Å². The van der Waals surface area contributed by atoms with Crippen LogP contribution in [0.5, 0.6) is 0 Å². The fourth-order valence-electron chi connectivity index (χ4n) is 2.47. The summed E-state index contributed by atoms with van der Waals surface area (Å²) in [6.45, 7) is 0.791. The second kappa shape index (κ2) is 12.4. The zero-order chi connectivity index (χ0) is 25.5. The van der Waals surface area contributed by atoms with Crippen LogP contribution in [0.25, 0.3) is 0 Å². The van der Waals surface area contributed by atoms with E-state index in [0.29, 0.717) is 12.6 Å². The van der Waals surface area contributed by atoms with Crippen molar-refractivity contribution in [2.75, 3.05) is 0 Å². The van der Waals surface area contributed by atoms with Crippen molar-refractivity contribution in [3.05, 3.63) is 77.9 Å². The van der Waals surface area contributed by atoms with E-state index < -0.39 is 41.0 Å². The van der Waals surface area contributed by atoms with Crippen LogP contribution in [0.4, 0.5) is 0 Å². The predicted molar refractivity (Wildman–Crippen MR) is 139 cm³/mol. The highest BCUT2D eigenvalue weighted by Crippen LogP contribution is 2.21. The molecule has 3 atom stereocenters. The van der Waals surface area contributed by atoms with Gasteiger partial charge in [-0.3, -0.25) is 9.11 Å². The lowest BCUT2D eigenvalue weighted by Gasteiger charge is -2.08. The molecule has 0 saturated heterocycles. The minimum Gasteiger partial charge on any atom is -0.326 e. The molecule has 3 aromatic rings. The zero-order valence-corrected chi connectivity index (χ0v) is 22.4. The third-order valence-corrected chi connectivity index (χ3v) is 7.77. The molecule has 0 aliphatic carbocycles. The Morgan fingerprint density at radius 3 is 1.56 bits per heavy atom. The monoisotopic (exact) mass is 562 g/mol. The van der Waals surface area contributed by atoms with E-state index >= 15 is 0 Å². The molecule has 0 fully saturated rings. The van der Waals surface area contributed by atoms with Gasteiger partial charge in [0.05, 0.1) is 14.7 Å². The summed E-state index contributed by atoms with van der Waals surface area (Å²) in [6.07, 6.45) is 0. The van der Waals surface area contributed by atoms with Gasteiger partial charge < -0.3 is 5.73 Å². The molecular weight excluding hydrogens is 538 g/mol. The van der Waals surface area contributed by atoms with Gasteiger partial charge in [0.2, 0.25) is 0 Å². The summed E-state index contributed by atoms with van der Waals surface area (Å²) in [5, 5.41) is 2.16. The maximum absolute atomic E-state index is 12.3. The summed E-state index contributed by atoms with van der Waals surface area (Å²) in [7, 11) is -6.35. The summed E-state index contributed by atoms with van der Waals surface area (Å²) >= 11 is 0. The van der Waals surface area contributed by atoms with E-state index in [0.717, 1.165) is 23.0 Å². The molecule has 3 rings (SSSR count). The first-order valence-electron chi connectivity index (χ1n) is 9.44. The number of nitrogens with one attached hydrogen (secondary N) is 1. The minimum absolute atomic E-state index is 0.162. The van der Waals surface area contributed by atoms with Gasteiger partial charge in [-0.05, 0) is 39.9 Å². The van der Waals surface area contributed by atoms with E-state index in [1.54, 1.807) is 12.1 Å². The van der Waals surface area contributed by atoms with Crippen LogP contribution < -0.4 is 21.1 Å². The van der Waals surface area contributed by atoms with Gasteiger partial charge in [-0.15, -0.1) is 18.5 Å². The summed E-state index contributed by atoms with van der Waals surface area (Å²) < 4.78 is 78.1. The van der Waals surface area contributed by atoms with Gasteiger partial charge in [0, 0.05) is 13.1 Å². The average Bonchev–Trinajstić information content (AvgIpc) is 2.78. The van der Waals surface area contributed by atoms with Crippen molar-refractivity contribution in [3.8, 4) is 0 Å². The number of benzene rings is 3. The third-order valence-electron chi connectivity index (χ3n) is 4.27. The van der Waals surface area contributed by atoms with Crippen molar-refractivity contribution in [2.45, 2.75) is 27.8 Å². The molecule has 0 saturated carbocycles. The fourth-order valence-corrected chi connectivity index (χ4v) is 5.12. The number of nitrogens with two attached hydrogens (primary N) is 1. The maximum Gasteiger partial charge on any atom is 0.294 e. The second-order valence-corrected chi connectivity index (χ2v) is 12.3. The van der Waals surface area contributed by atoms with E-state index in [-0.39, 0.29) is 11.4 Å². The Kier molecular flexibility index (Phi) is 10.4. The molecule has 0 amide bonds. The molecule has 3 aromatic carbocycles. The number of hydrogen-bond donors (Lipinski definition) is 4. The van der Waals surface area contributed by atoms with E-state index in [2.05, 4.69) is 23.2 Å². The van der Waals surface area contributed by atoms with E-state index in [1.165, 1.54) is 10.9 Å². The molecule has 0 spiro atoms. The molecule has 0 aliphatic rings. The Morgan fingerprint density at radius 2 is 1.18 bits per heavy atom. The van der Waals surface area contributed by atoms with Gasteiger partial charge in [0.25, 0.3) is 20.2 Å². The Hall–Kier alpha value is -1.59. The van der Waals surface area contributed by atoms with Crippen molar-refractivity contribution in [2.24, 2.45) is 5.73 Å². The van der Waals surface area contributed by atoms with Crippen LogP contribution in [-0.2, 0) is 44.3 Å². The molecule has 0 aliphatic heterocycles. The van der Waals surface area contributed by atoms with E-state index in [1.807, 2.05) is 36.4 Å². The van der Waals surface area contributed by atoms with Crippen LogP contribution in [0.3, 0.4) is 0 Å². The lowest BCUT2D eigenvalue weighted by Crippen LogP contribution is -2.18. The first kappa shape index (κ1) is 28.6. The van der Waals surface area contributed by atoms with Gasteiger partial charge in [-0.25, -0.2) is 8.93 Å².